The second kappa shape index (κ2) is 6.40. The van der Waals surface area contributed by atoms with Crippen molar-refractivity contribution in [2.75, 3.05) is 30.0 Å². The lowest BCUT2D eigenvalue weighted by Gasteiger charge is -2.46. The number of thiazole rings is 1. The average Bonchev–Trinajstić information content (AvgIpc) is 3.40. The van der Waals surface area contributed by atoms with Gasteiger partial charge in [0.2, 0.25) is 5.54 Å². The number of nitrogens with one attached hydrogen (secondary N) is 2. The van der Waals surface area contributed by atoms with Crippen LogP contribution in [0.25, 0.3) is 22.1 Å². The summed E-state index contributed by atoms with van der Waals surface area (Å²) >= 11 is 1.50. The van der Waals surface area contributed by atoms with E-state index in [0.717, 1.165) is 16.3 Å². The van der Waals surface area contributed by atoms with Crippen molar-refractivity contribution in [2.45, 2.75) is 12.5 Å². The molecule has 1 atom stereocenters. The predicted molar refractivity (Wildman–Crippen MR) is 104 cm³/mol. The summed E-state index contributed by atoms with van der Waals surface area (Å²) in [4.78, 5) is 28.3. The van der Waals surface area contributed by atoms with Crippen LogP contribution in [0.5, 0.6) is 0 Å². The van der Waals surface area contributed by atoms with Gasteiger partial charge >= 0.3 is 0 Å². The molecule has 2 aliphatic rings. The standard InChI is InChI=1S/C18H15N7O2S/c1-2-3-18-10-27-6-5-25(18)15-12(22-17(18)26)9-20-14(23-15)11-8-21-24-13(11)16-19-4-7-28-16/h4,7-9H,5-6,10H2,1H3,(H,21,24)(H,22,26). The van der Waals surface area contributed by atoms with Crippen LogP contribution in [0, 0.1) is 11.8 Å². The van der Waals surface area contributed by atoms with Crippen LogP contribution < -0.4 is 10.2 Å². The SMILES string of the molecule is CC#CC12COCCN1c1nc(-c3cn[nH]c3-c3nccs3)ncc1NC2=O. The second-order valence-corrected chi connectivity index (χ2v) is 7.22. The monoisotopic (exact) mass is 393 g/mol. The van der Waals surface area contributed by atoms with Gasteiger partial charge in [-0.15, -0.1) is 17.3 Å². The van der Waals surface area contributed by atoms with E-state index in [-0.39, 0.29) is 12.5 Å². The number of amides is 1. The number of aromatic nitrogens is 5. The second-order valence-electron chi connectivity index (χ2n) is 6.32. The van der Waals surface area contributed by atoms with Crippen LogP contribution in [0.4, 0.5) is 11.5 Å². The molecule has 3 aromatic heterocycles. The van der Waals surface area contributed by atoms with Crippen LogP contribution in [0.15, 0.2) is 24.0 Å². The minimum Gasteiger partial charge on any atom is -0.376 e. The molecule has 0 spiro atoms. The third kappa shape index (κ3) is 2.41. The zero-order chi connectivity index (χ0) is 19.1. The van der Waals surface area contributed by atoms with Crippen molar-refractivity contribution < 1.29 is 9.53 Å². The fraction of sp³-hybridized carbons (Fsp3) is 0.278. The molecule has 5 rings (SSSR count). The molecule has 2 aliphatic heterocycles. The van der Waals surface area contributed by atoms with Gasteiger partial charge in [-0.1, -0.05) is 5.92 Å². The number of aromatic amines is 1. The predicted octanol–water partition coefficient (Wildman–Crippen LogP) is 1.54. The highest BCUT2D eigenvalue weighted by Gasteiger charge is 2.50. The molecule has 0 aliphatic carbocycles. The Balaban J connectivity index is 1.64. The lowest BCUT2D eigenvalue weighted by atomic mass is 9.93. The number of hydrogen-bond acceptors (Lipinski definition) is 8. The molecule has 1 unspecified atom stereocenters. The lowest BCUT2D eigenvalue weighted by Crippen LogP contribution is -2.65. The number of fused-ring (bicyclic) bond motifs is 3. The molecule has 1 amide bonds. The van der Waals surface area contributed by atoms with E-state index < -0.39 is 5.54 Å². The van der Waals surface area contributed by atoms with E-state index in [0.29, 0.717) is 30.5 Å². The zero-order valence-corrected chi connectivity index (χ0v) is 15.7. The first kappa shape index (κ1) is 16.9. The largest absolute Gasteiger partial charge is 0.376 e. The first-order valence-corrected chi connectivity index (χ1v) is 9.52. The fourth-order valence-electron chi connectivity index (χ4n) is 3.47. The number of morpholine rings is 1. The minimum atomic E-state index is -1.08. The van der Waals surface area contributed by atoms with E-state index in [9.17, 15) is 4.79 Å². The Morgan fingerprint density at radius 3 is 3.11 bits per heavy atom. The number of hydrogen-bond donors (Lipinski definition) is 2. The summed E-state index contributed by atoms with van der Waals surface area (Å²) < 4.78 is 5.58. The van der Waals surface area contributed by atoms with Crippen LogP contribution in [0.2, 0.25) is 0 Å². The van der Waals surface area contributed by atoms with Crippen molar-refractivity contribution in [3.05, 3.63) is 24.0 Å². The van der Waals surface area contributed by atoms with Gasteiger partial charge in [0.1, 0.15) is 16.4 Å². The van der Waals surface area contributed by atoms with Crippen LogP contribution in [-0.2, 0) is 9.53 Å². The summed E-state index contributed by atoms with van der Waals surface area (Å²) in [5.74, 6) is 6.79. The average molecular weight is 393 g/mol. The van der Waals surface area contributed by atoms with Crippen molar-refractivity contribution in [1.82, 2.24) is 25.1 Å². The Morgan fingerprint density at radius 2 is 2.29 bits per heavy atom. The maximum absolute atomic E-state index is 12.8. The quantitative estimate of drug-likeness (QED) is 0.636. The van der Waals surface area contributed by atoms with E-state index in [1.807, 2.05) is 10.3 Å². The molecule has 10 heteroatoms. The summed E-state index contributed by atoms with van der Waals surface area (Å²) in [5.41, 5.74) is 0.982. The van der Waals surface area contributed by atoms with Gasteiger partial charge < -0.3 is 15.0 Å². The molecule has 5 heterocycles. The smallest absolute Gasteiger partial charge is 0.265 e. The number of H-pyrrole nitrogens is 1. The molecule has 0 bridgehead atoms. The summed E-state index contributed by atoms with van der Waals surface area (Å²) in [6, 6.07) is 0. The van der Waals surface area contributed by atoms with Crippen LogP contribution in [-0.4, -0.2) is 56.4 Å². The van der Waals surface area contributed by atoms with Gasteiger partial charge in [0.15, 0.2) is 11.6 Å². The molecule has 2 N–H and O–H groups in total. The Hall–Kier alpha value is -3.29. The molecule has 28 heavy (non-hydrogen) atoms. The molecule has 1 fully saturated rings. The highest BCUT2D eigenvalue weighted by Crippen LogP contribution is 2.38. The van der Waals surface area contributed by atoms with E-state index in [1.54, 1.807) is 25.5 Å². The first-order chi connectivity index (χ1) is 13.7. The zero-order valence-electron chi connectivity index (χ0n) is 14.9. The Morgan fingerprint density at radius 1 is 1.36 bits per heavy atom. The first-order valence-electron chi connectivity index (χ1n) is 8.64. The summed E-state index contributed by atoms with van der Waals surface area (Å²) in [5, 5.41) is 12.7. The third-order valence-corrected chi connectivity index (χ3v) is 5.53. The molecule has 9 nitrogen and oxygen atoms in total. The lowest BCUT2D eigenvalue weighted by molar-refractivity contribution is -0.122. The molecular formula is C18H15N7O2S. The van der Waals surface area contributed by atoms with Gasteiger partial charge in [-0.3, -0.25) is 9.89 Å². The maximum atomic E-state index is 12.8. The molecular weight excluding hydrogens is 378 g/mol. The number of rotatable bonds is 2. The molecule has 1 saturated heterocycles. The topological polar surface area (TPSA) is 109 Å². The van der Waals surface area contributed by atoms with Crippen molar-refractivity contribution in [2.24, 2.45) is 0 Å². The van der Waals surface area contributed by atoms with Gasteiger partial charge in [-0.2, -0.15) is 5.10 Å². The van der Waals surface area contributed by atoms with E-state index in [2.05, 4.69) is 37.3 Å². The molecule has 3 aromatic rings. The minimum absolute atomic E-state index is 0.189. The van der Waals surface area contributed by atoms with Gasteiger partial charge in [0.25, 0.3) is 5.91 Å². The summed E-state index contributed by atoms with van der Waals surface area (Å²) in [6.07, 6.45) is 5.03. The Bertz CT molecular complexity index is 1110. The fourth-order valence-corrected chi connectivity index (χ4v) is 4.12. The summed E-state index contributed by atoms with van der Waals surface area (Å²) in [7, 11) is 0. The van der Waals surface area contributed by atoms with E-state index in [1.165, 1.54) is 11.3 Å². The van der Waals surface area contributed by atoms with Crippen LogP contribution in [0.1, 0.15) is 6.92 Å². The third-order valence-electron chi connectivity index (χ3n) is 4.74. The van der Waals surface area contributed by atoms with Crippen molar-refractivity contribution in [1.29, 1.82) is 0 Å². The number of carbonyl (C=O) groups is 1. The molecule has 0 aromatic carbocycles. The van der Waals surface area contributed by atoms with E-state index in [4.69, 9.17) is 9.72 Å². The maximum Gasteiger partial charge on any atom is 0.265 e. The highest BCUT2D eigenvalue weighted by atomic mass is 32.1. The number of nitrogens with zero attached hydrogens (tertiary/aromatic N) is 5. The molecule has 140 valence electrons. The number of ether oxygens (including phenoxy) is 1. The molecule has 0 radical (unpaired) electrons. The normalized spacial score (nSPS) is 20.6. The van der Waals surface area contributed by atoms with Crippen molar-refractivity contribution in [3.8, 4) is 33.9 Å². The summed E-state index contributed by atoms with van der Waals surface area (Å²) in [6.45, 7) is 2.90. The van der Waals surface area contributed by atoms with E-state index >= 15 is 0 Å². The highest BCUT2D eigenvalue weighted by molar-refractivity contribution is 7.13. The van der Waals surface area contributed by atoms with Crippen molar-refractivity contribution >= 4 is 28.7 Å². The Labute approximate surface area is 164 Å². The van der Waals surface area contributed by atoms with Gasteiger partial charge in [-0.25, -0.2) is 15.0 Å². The molecule has 0 saturated carbocycles. The van der Waals surface area contributed by atoms with Crippen LogP contribution in [0.3, 0.4) is 0 Å². The van der Waals surface area contributed by atoms with Gasteiger partial charge in [0.05, 0.1) is 31.2 Å². The number of carbonyl (C=O) groups excluding carboxylic acids is 1. The van der Waals surface area contributed by atoms with Crippen molar-refractivity contribution in [3.63, 3.8) is 0 Å². The van der Waals surface area contributed by atoms with Gasteiger partial charge in [0, 0.05) is 18.1 Å². The Kier molecular flexibility index (Phi) is 3.85. The van der Waals surface area contributed by atoms with Gasteiger partial charge in [-0.05, 0) is 6.92 Å². The number of anilines is 2. The van der Waals surface area contributed by atoms with Crippen LogP contribution >= 0.6 is 11.3 Å².